The summed E-state index contributed by atoms with van der Waals surface area (Å²) in [5.74, 6) is 0. The van der Waals surface area contributed by atoms with Crippen molar-refractivity contribution in [2.24, 2.45) is 0 Å². The Hall–Kier alpha value is 0.380. The third-order valence-electron chi connectivity index (χ3n) is 2.79. The Morgan fingerprint density at radius 2 is 1.91 bits per heavy atom. The third-order valence-corrected chi connectivity index (χ3v) is 4.64. The molecule has 0 saturated carbocycles. The van der Waals surface area contributed by atoms with Crippen LogP contribution in [0.4, 0.5) is 0 Å². The molecule has 4 nitrogen and oxygen atoms in total. The third kappa shape index (κ3) is 15.3. The number of alkyl halides is 2. The second kappa shape index (κ2) is 16.2. The molecule has 0 aliphatic carbocycles. The van der Waals surface area contributed by atoms with Gasteiger partial charge in [-0.25, -0.2) is 0 Å². The normalized spacial score (nSPS) is 23.0. The largest absolute Gasteiger partial charge is 0.502 e. The number of rotatable bonds is 4. The first-order valence-corrected chi connectivity index (χ1v) is 10.2. The molecule has 0 bridgehead atoms. The summed E-state index contributed by atoms with van der Waals surface area (Å²) in [6.45, 7) is 5.55. The van der Waals surface area contributed by atoms with Gasteiger partial charge in [0.2, 0.25) is 0 Å². The van der Waals surface area contributed by atoms with E-state index in [2.05, 4.69) is 31.9 Å². The molecule has 2 heterocycles. The average Bonchev–Trinajstić information content (AvgIpc) is 2.58. The van der Waals surface area contributed by atoms with Gasteiger partial charge in [-0.1, -0.05) is 31.9 Å². The second-order valence-electron chi connectivity index (χ2n) is 5.29. The maximum Gasteiger partial charge on any atom is 0.157 e. The molecule has 132 valence electrons. The number of hydrogen-bond acceptors (Lipinski definition) is 4. The lowest BCUT2D eigenvalue weighted by Gasteiger charge is -2.25. The van der Waals surface area contributed by atoms with E-state index in [9.17, 15) is 0 Å². The van der Waals surface area contributed by atoms with E-state index in [1.165, 1.54) is 25.7 Å². The molecular weight excluding hydrogens is 416 g/mol. The Balaban J connectivity index is 0.000000338. The summed E-state index contributed by atoms with van der Waals surface area (Å²) in [6, 6.07) is 0. The van der Waals surface area contributed by atoms with Gasteiger partial charge in [0.1, 0.15) is 0 Å². The van der Waals surface area contributed by atoms with Crippen molar-refractivity contribution in [3.63, 3.8) is 0 Å². The van der Waals surface area contributed by atoms with Crippen molar-refractivity contribution in [3.05, 3.63) is 12.3 Å². The number of halogens is 2. The highest BCUT2D eigenvalue weighted by Gasteiger charge is 2.16. The minimum atomic E-state index is -0.199. The first kappa shape index (κ1) is 22.4. The number of aliphatic hydroxyl groups excluding tert-OH is 1. The Kier molecular flexibility index (Phi) is 16.5. The van der Waals surface area contributed by atoms with Crippen LogP contribution in [-0.4, -0.2) is 47.5 Å². The molecule has 0 amide bonds. The predicted molar refractivity (Wildman–Crippen MR) is 97.7 cm³/mol. The molecule has 3 unspecified atom stereocenters. The second-order valence-corrected chi connectivity index (χ2v) is 6.58. The van der Waals surface area contributed by atoms with Crippen molar-refractivity contribution in [1.29, 1.82) is 0 Å². The summed E-state index contributed by atoms with van der Waals surface area (Å²) in [6.07, 6.45) is 9.78. The summed E-state index contributed by atoms with van der Waals surface area (Å²) in [5, 5.41) is 9.87. The van der Waals surface area contributed by atoms with E-state index in [0.717, 1.165) is 25.0 Å². The zero-order valence-corrected chi connectivity index (χ0v) is 16.9. The summed E-state index contributed by atoms with van der Waals surface area (Å²) >= 11 is 6.42. The van der Waals surface area contributed by atoms with Crippen molar-refractivity contribution in [3.8, 4) is 0 Å². The highest BCUT2D eigenvalue weighted by Crippen LogP contribution is 2.15. The van der Waals surface area contributed by atoms with E-state index in [-0.39, 0.29) is 18.5 Å². The van der Waals surface area contributed by atoms with Gasteiger partial charge < -0.3 is 19.3 Å². The average molecular weight is 446 g/mol. The molecule has 0 spiro atoms. The zero-order chi connectivity index (χ0) is 16.6. The monoisotopic (exact) mass is 444 g/mol. The molecule has 1 saturated heterocycles. The van der Waals surface area contributed by atoms with E-state index in [4.69, 9.17) is 19.3 Å². The highest BCUT2D eigenvalue weighted by atomic mass is 79.9. The van der Waals surface area contributed by atoms with Crippen molar-refractivity contribution in [1.82, 2.24) is 0 Å². The van der Waals surface area contributed by atoms with E-state index in [1.807, 2.05) is 13.0 Å². The number of allylic oxidation sites excluding steroid dienone is 1. The van der Waals surface area contributed by atoms with Gasteiger partial charge in [0.25, 0.3) is 0 Å². The van der Waals surface area contributed by atoms with Crippen molar-refractivity contribution >= 4 is 31.9 Å². The topological polar surface area (TPSA) is 47.9 Å². The van der Waals surface area contributed by atoms with Gasteiger partial charge in [-0.3, -0.25) is 0 Å². The Morgan fingerprint density at radius 3 is 2.23 bits per heavy atom. The fraction of sp³-hybridized carbons (Fsp3) is 0.875. The lowest BCUT2D eigenvalue weighted by atomic mass is 10.2. The smallest absolute Gasteiger partial charge is 0.157 e. The SMILES string of the molecule is C1=COCCC1.CC(CBr)OC1CCCCO1.CC(O)CBr. The van der Waals surface area contributed by atoms with Gasteiger partial charge in [0.15, 0.2) is 6.29 Å². The van der Waals surface area contributed by atoms with E-state index < -0.39 is 0 Å². The van der Waals surface area contributed by atoms with Crippen LogP contribution in [0.15, 0.2) is 12.3 Å². The molecule has 2 aliphatic rings. The summed E-state index contributed by atoms with van der Waals surface area (Å²) < 4.78 is 15.9. The molecule has 6 heteroatoms. The molecule has 0 radical (unpaired) electrons. The molecule has 0 aromatic rings. The highest BCUT2D eigenvalue weighted by molar-refractivity contribution is 9.09. The van der Waals surface area contributed by atoms with Gasteiger partial charge in [0, 0.05) is 17.3 Å². The van der Waals surface area contributed by atoms with Crippen LogP contribution in [0, 0.1) is 0 Å². The first-order valence-electron chi connectivity index (χ1n) is 7.93. The summed E-state index contributed by atoms with van der Waals surface area (Å²) in [5.41, 5.74) is 0. The molecule has 3 atom stereocenters. The Labute approximate surface area is 151 Å². The van der Waals surface area contributed by atoms with Gasteiger partial charge in [-0.05, 0) is 52.0 Å². The fourth-order valence-corrected chi connectivity index (χ4v) is 1.76. The molecule has 1 N–H and O–H groups in total. The van der Waals surface area contributed by atoms with Crippen molar-refractivity contribution in [2.45, 2.75) is 64.4 Å². The quantitative estimate of drug-likeness (QED) is 0.652. The lowest BCUT2D eigenvalue weighted by Crippen LogP contribution is -2.27. The van der Waals surface area contributed by atoms with Crippen molar-refractivity contribution in [2.75, 3.05) is 23.9 Å². The predicted octanol–water partition coefficient (Wildman–Crippen LogP) is 4.39. The van der Waals surface area contributed by atoms with Crippen LogP contribution in [0.25, 0.3) is 0 Å². The maximum absolute atomic E-state index is 8.31. The standard InChI is InChI=1S/C8H15BrO2.C5H8O.C3H7BrO/c1-7(6-9)11-8-4-2-3-5-10-8;1-2-4-6-5-3-1;1-3(5)2-4/h7-8H,2-6H2,1H3;2,4H,1,3,5H2;3,5H,2H2,1H3. The lowest BCUT2D eigenvalue weighted by molar-refractivity contribution is -0.179. The summed E-state index contributed by atoms with van der Waals surface area (Å²) in [7, 11) is 0. The fourth-order valence-electron chi connectivity index (χ4n) is 1.60. The first-order chi connectivity index (χ1) is 10.6. The molecule has 2 rings (SSSR count). The van der Waals surface area contributed by atoms with Crippen LogP contribution < -0.4 is 0 Å². The molecule has 0 aromatic heterocycles. The minimum Gasteiger partial charge on any atom is -0.502 e. The molecular formula is C16H30Br2O4. The van der Waals surface area contributed by atoms with E-state index in [0.29, 0.717) is 5.33 Å². The van der Waals surface area contributed by atoms with Crippen LogP contribution in [0.5, 0.6) is 0 Å². The Bertz CT molecular complexity index is 249. The number of aliphatic hydroxyl groups is 1. The van der Waals surface area contributed by atoms with Crippen LogP contribution in [0.2, 0.25) is 0 Å². The minimum absolute atomic E-state index is 0.0521. The molecule has 22 heavy (non-hydrogen) atoms. The van der Waals surface area contributed by atoms with E-state index in [1.54, 1.807) is 13.2 Å². The Morgan fingerprint density at radius 1 is 1.18 bits per heavy atom. The van der Waals surface area contributed by atoms with Crippen LogP contribution in [-0.2, 0) is 14.2 Å². The number of hydrogen-bond donors (Lipinski definition) is 1. The maximum atomic E-state index is 8.31. The van der Waals surface area contributed by atoms with E-state index >= 15 is 0 Å². The van der Waals surface area contributed by atoms with Crippen LogP contribution >= 0.6 is 31.9 Å². The summed E-state index contributed by atoms with van der Waals surface area (Å²) in [4.78, 5) is 0. The zero-order valence-electron chi connectivity index (χ0n) is 13.7. The van der Waals surface area contributed by atoms with Gasteiger partial charge >= 0.3 is 0 Å². The van der Waals surface area contributed by atoms with Gasteiger partial charge in [-0.15, -0.1) is 0 Å². The molecule has 0 aromatic carbocycles. The van der Waals surface area contributed by atoms with Crippen LogP contribution in [0.3, 0.4) is 0 Å². The van der Waals surface area contributed by atoms with Crippen LogP contribution in [0.1, 0.15) is 46.0 Å². The van der Waals surface area contributed by atoms with Gasteiger partial charge in [0.05, 0.1) is 25.1 Å². The van der Waals surface area contributed by atoms with Crippen molar-refractivity contribution < 1.29 is 19.3 Å². The number of ether oxygens (including phenoxy) is 3. The molecule has 1 fully saturated rings. The molecule has 2 aliphatic heterocycles. The van der Waals surface area contributed by atoms with Gasteiger partial charge in [-0.2, -0.15) is 0 Å².